The molecular weight excluding hydrogens is 310 g/mol. The third-order valence-corrected chi connectivity index (χ3v) is 3.35. The van der Waals surface area contributed by atoms with E-state index in [0.717, 1.165) is 15.9 Å². The number of rotatable bonds is 4. The maximum atomic E-state index is 11.5. The first kappa shape index (κ1) is 13.6. The van der Waals surface area contributed by atoms with Gasteiger partial charge < -0.3 is 10.4 Å². The first-order valence-corrected chi connectivity index (χ1v) is 6.54. The van der Waals surface area contributed by atoms with Crippen molar-refractivity contribution in [2.75, 3.05) is 5.32 Å². The minimum atomic E-state index is -0.937. The van der Waals surface area contributed by atoms with Crippen LogP contribution in [0.5, 0.6) is 0 Å². The standard InChI is InChI=1S/C13H14BrN3O2/c1-7-11(8(2)17-16-7)12(13(18)19)15-10-5-3-4-9(14)6-10/h3-6,12,15H,1-2H3,(H,16,17)(H,18,19). The second-order valence-electron chi connectivity index (χ2n) is 4.27. The van der Waals surface area contributed by atoms with Crippen molar-refractivity contribution >= 4 is 27.6 Å². The molecule has 0 spiro atoms. The van der Waals surface area contributed by atoms with E-state index in [1.807, 2.05) is 31.2 Å². The first-order chi connectivity index (χ1) is 8.99. The SMILES string of the molecule is Cc1n[nH]c(C)c1C(Nc1cccc(Br)c1)C(=O)O. The zero-order chi connectivity index (χ0) is 14.0. The summed E-state index contributed by atoms with van der Waals surface area (Å²) in [5.41, 5.74) is 2.86. The van der Waals surface area contributed by atoms with Gasteiger partial charge in [-0.15, -0.1) is 0 Å². The Labute approximate surface area is 119 Å². The predicted octanol–water partition coefficient (Wildman–Crippen LogP) is 3.03. The van der Waals surface area contributed by atoms with Crippen LogP contribution in [0.2, 0.25) is 0 Å². The van der Waals surface area contributed by atoms with E-state index >= 15 is 0 Å². The summed E-state index contributed by atoms with van der Waals surface area (Å²) in [4.78, 5) is 11.5. The molecule has 2 aromatic rings. The molecule has 100 valence electrons. The molecule has 1 aromatic carbocycles. The number of nitrogens with one attached hydrogen (secondary N) is 2. The predicted molar refractivity (Wildman–Crippen MR) is 76.2 cm³/mol. The summed E-state index contributed by atoms with van der Waals surface area (Å²) in [5, 5.41) is 19.3. The third kappa shape index (κ3) is 2.96. The van der Waals surface area contributed by atoms with E-state index in [4.69, 9.17) is 0 Å². The van der Waals surface area contributed by atoms with Crippen molar-refractivity contribution < 1.29 is 9.90 Å². The number of anilines is 1. The Balaban J connectivity index is 2.35. The van der Waals surface area contributed by atoms with Crippen LogP contribution in [0, 0.1) is 13.8 Å². The quantitative estimate of drug-likeness (QED) is 0.808. The molecular formula is C13H14BrN3O2. The Bertz CT molecular complexity index is 590. The summed E-state index contributed by atoms with van der Waals surface area (Å²) in [6.45, 7) is 3.60. The molecule has 0 radical (unpaired) electrons. The van der Waals surface area contributed by atoms with Crippen LogP contribution in [0.1, 0.15) is 23.0 Å². The molecule has 1 unspecified atom stereocenters. The number of aromatic nitrogens is 2. The molecule has 1 atom stereocenters. The highest BCUT2D eigenvalue weighted by atomic mass is 79.9. The van der Waals surface area contributed by atoms with Crippen LogP contribution in [0.25, 0.3) is 0 Å². The molecule has 0 bridgehead atoms. The molecule has 0 aliphatic rings. The van der Waals surface area contributed by atoms with Crippen LogP contribution in [-0.4, -0.2) is 21.3 Å². The number of hydrogen-bond acceptors (Lipinski definition) is 3. The summed E-state index contributed by atoms with van der Waals surface area (Å²) in [6, 6.07) is 6.56. The topological polar surface area (TPSA) is 78.0 Å². The Hall–Kier alpha value is -1.82. The molecule has 0 fully saturated rings. The smallest absolute Gasteiger partial charge is 0.330 e. The van der Waals surface area contributed by atoms with Gasteiger partial charge in [-0.25, -0.2) is 4.79 Å². The van der Waals surface area contributed by atoms with Crippen LogP contribution in [0.4, 0.5) is 5.69 Å². The van der Waals surface area contributed by atoms with E-state index in [1.54, 1.807) is 6.92 Å². The van der Waals surface area contributed by atoms with Crippen LogP contribution in [0.3, 0.4) is 0 Å². The summed E-state index contributed by atoms with van der Waals surface area (Å²) >= 11 is 3.36. The second kappa shape index (κ2) is 5.44. The number of carbonyl (C=O) groups is 1. The highest BCUT2D eigenvalue weighted by Gasteiger charge is 2.25. The fraction of sp³-hybridized carbons (Fsp3) is 0.231. The number of H-pyrrole nitrogens is 1. The Kier molecular flexibility index (Phi) is 3.90. The number of halogens is 1. The molecule has 2 rings (SSSR count). The summed E-state index contributed by atoms with van der Waals surface area (Å²) in [7, 11) is 0. The highest BCUT2D eigenvalue weighted by Crippen LogP contribution is 2.25. The van der Waals surface area contributed by atoms with Gasteiger partial charge in [0.25, 0.3) is 0 Å². The molecule has 6 heteroatoms. The zero-order valence-electron chi connectivity index (χ0n) is 10.6. The van der Waals surface area contributed by atoms with Crippen LogP contribution < -0.4 is 5.32 Å². The lowest BCUT2D eigenvalue weighted by molar-refractivity contribution is -0.138. The monoisotopic (exact) mass is 323 g/mol. The molecule has 0 amide bonds. The summed E-state index contributed by atoms with van der Waals surface area (Å²) in [5.74, 6) is -0.937. The Morgan fingerprint density at radius 3 is 2.74 bits per heavy atom. The van der Waals surface area contributed by atoms with Crippen molar-refractivity contribution in [2.24, 2.45) is 0 Å². The van der Waals surface area contributed by atoms with Gasteiger partial charge in [0.2, 0.25) is 0 Å². The lowest BCUT2D eigenvalue weighted by Crippen LogP contribution is -2.21. The average molecular weight is 324 g/mol. The highest BCUT2D eigenvalue weighted by molar-refractivity contribution is 9.10. The fourth-order valence-electron chi connectivity index (χ4n) is 1.99. The average Bonchev–Trinajstić information content (AvgIpc) is 2.66. The molecule has 1 aromatic heterocycles. The van der Waals surface area contributed by atoms with Gasteiger partial charge in [0.15, 0.2) is 6.04 Å². The zero-order valence-corrected chi connectivity index (χ0v) is 12.2. The van der Waals surface area contributed by atoms with E-state index in [2.05, 4.69) is 31.4 Å². The van der Waals surface area contributed by atoms with Crippen molar-refractivity contribution in [2.45, 2.75) is 19.9 Å². The van der Waals surface area contributed by atoms with Crippen molar-refractivity contribution in [3.8, 4) is 0 Å². The van der Waals surface area contributed by atoms with E-state index in [9.17, 15) is 9.90 Å². The van der Waals surface area contributed by atoms with Gasteiger partial charge in [0, 0.05) is 21.4 Å². The van der Waals surface area contributed by atoms with Crippen LogP contribution in [0.15, 0.2) is 28.7 Å². The molecule has 1 heterocycles. The van der Waals surface area contributed by atoms with Crippen molar-refractivity contribution in [1.82, 2.24) is 10.2 Å². The molecule has 0 aliphatic heterocycles. The van der Waals surface area contributed by atoms with E-state index in [0.29, 0.717) is 11.3 Å². The Morgan fingerprint density at radius 1 is 1.47 bits per heavy atom. The van der Waals surface area contributed by atoms with E-state index in [1.165, 1.54) is 0 Å². The number of carboxylic acids is 1. The molecule has 0 saturated carbocycles. The molecule has 19 heavy (non-hydrogen) atoms. The Morgan fingerprint density at radius 2 is 2.21 bits per heavy atom. The molecule has 3 N–H and O–H groups in total. The van der Waals surface area contributed by atoms with Gasteiger partial charge in [0.05, 0.1) is 5.69 Å². The maximum Gasteiger partial charge on any atom is 0.330 e. The third-order valence-electron chi connectivity index (χ3n) is 2.86. The van der Waals surface area contributed by atoms with Gasteiger partial charge in [0.1, 0.15) is 0 Å². The minimum absolute atomic E-state index is 0.674. The number of carboxylic acid groups (broad SMARTS) is 1. The van der Waals surface area contributed by atoms with E-state index < -0.39 is 12.0 Å². The number of nitrogens with zero attached hydrogens (tertiary/aromatic N) is 1. The number of aromatic amines is 1. The van der Waals surface area contributed by atoms with Crippen LogP contribution >= 0.6 is 15.9 Å². The number of benzene rings is 1. The minimum Gasteiger partial charge on any atom is -0.479 e. The normalized spacial score (nSPS) is 12.2. The van der Waals surface area contributed by atoms with Crippen molar-refractivity contribution in [3.63, 3.8) is 0 Å². The van der Waals surface area contributed by atoms with Gasteiger partial charge in [-0.2, -0.15) is 5.10 Å². The number of aliphatic carboxylic acids is 1. The van der Waals surface area contributed by atoms with Crippen molar-refractivity contribution in [1.29, 1.82) is 0 Å². The summed E-state index contributed by atoms with van der Waals surface area (Å²) in [6.07, 6.45) is 0. The van der Waals surface area contributed by atoms with Crippen LogP contribution in [-0.2, 0) is 4.79 Å². The second-order valence-corrected chi connectivity index (χ2v) is 5.19. The van der Waals surface area contributed by atoms with Gasteiger partial charge in [-0.05, 0) is 32.0 Å². The van der Waals surface area contributed by atoms with Gasteiger partial charge in [-0.1, -0.05) is 22.0 Å². The van der Waals surface area contributed by atoms with E-state index in [-0.39, 0.29) is 0 Å². The molecule has 0 saturated heterocycles. The van der Waals surface area contributed by atoms with Gasteiger partial charge in [-0.3, -0.25) is 5.10 Å². The first-order valence-electron chi connectivity index (χ1n) is 5.75. The summed E-state index contributed by atoms with van der Waals surface area (Å²) < 4.78 is 0.891. The maximum absolute atomic E-state index is 11.5. The lowest BCUT2D eigenvalue weighted by Gasteiger charge is -2.16. The van der Waals surface area contributed by atoms with Gasteiger partial charge >= 0.3 is 5.97 Å². The number of hydrogen-bond donors (Lipinski definition) is 3. The van der Waals surface area contributed by atoms with Crippen molar-refractivity contribution in [3.05, 3.63) is 45.7 Å². The molecule has 0 aliphatic carbocycles. The lowest BCUT2D eigenvalue weighted by atomic mass is 10.0. The fourth-order valence-corrected chi connectivity index (χ4v) is 2.39. The number of aryl methyl sites for hydroxylation is 2. The largest absolute Gasteiger partial charge is 0.479 e. The molecule has 5 nitrogen and oxygen atoms in total.